The molecule has 1 heteroatoms. The molecule has 23 heavy (non-hydrogen) atoms. The summed E-state index contributed by atoms with van der Waals surface area (Å²) in [6.07, 6.45) is 0. The van der Waals surface area contributed by atoms with Crippen LogP contribution in [-0.2, 0) is 0 Å². The van der Waals surface area contributed by atoms with Crippen molar-refractivity contribution in [3.8, 4) is 11.1 Å². The lowest BCUT2D eigenvalue weighted by atomic mass is 10.0. The van der Waals surface area contributed by atoms with Gasteiger partial charge in [-0.05, 0) is 52.2 Å². The van der Waals surface area contributed by atoms with Crippen LogP contribution in [0.4, 0.5) is 11.4 Å². The zero-order valence-electron chi connectivity index (χ0n) is 17.4. The first-order valence-electron chi connectivity index (χ1n) is 9.89. The van der Waals surface area contributed by atoms with E-state index in [1.807, 2.05) is 36.4 Å². The summed E-state index contributed by atoms with van der Waals surface area (Å²) in [5.41, 5.74) is 2.86. The number of anilines is 2. The topological polar surface area (TPSA) is 12.0 Å². The molecule has 1 N–H and O–H groups in total. The molecule has 1 nitrogen and oxygen atoms in total. The number of benzene rings is 4. The first-order valence-corrected chi connectivity index (χ1v) is 7.39. The second-order valence-electron chi connectivity index (χ2n) is 5.26. The zero-order chi connectivity index (χ0) is 19.8. The third-order valence-electron chi connectivity index (χ3n) is 3.74. The average Bonchev–Trinajstić information content (AvgIpc) is 2.74. The molecular formula is C22H17N. The van der Waals surface area contributed by atoms with Crippen LogP contribution in [0.1, 0.15) is 6.85 Å². The number of fused-ring (bicyclic) bond motifs is 1. The van der Waals surface area contributed by atoms with E-state index in [-0.39, 0.29) is 29.9 Å². The van der Waals surface area contributed by atoms with Gasteiger partial charge in [0.15, 0.2) is 0 Å². The molecule has 0 fully saturated rings. The van der Waals surface area contributed by atoms with Crippen molar-refractivity contribution in [3.63, 3.8) is 0 Å². The Morgan fingerprint density at radius 3 is 2.09 bits per heavy atom. The van der Waals surface area contributed by atoms with Crippen molar-refractivity contribution in [2.45, 2.75) is 0 Å². The predicted molar refractivity (Wildman–Crippen MR) is 99.1 cm³/mol. The van der Waals surface area contributed by atoms with E-state index in [2.05, 4.69) is 35.6 Å². The maximum absolute atomic E-state index is 8.00. The molecule has 110 valence electrons. The first kappa shape index (κ1) is 9.16. The van der Waals surface area contributed by atoms with Crippen LogP contribution in [-0.4, -0.2) is 0 Å². The summed E-state index contributed by atoms with van der Waals surface area (Å²) >= 11 is 0. The maximum atomic E-state index is 8.00. The van der Waals surface area contributed by atoms with Crippen LogP contribution in [0.3, 0.4) is 0 Å². The van der Waals surface area contributed by atoms with E-state index in [0.717, 1.165) is 11.1 Å². The molecule has 0 aliphatic rings. The van der Waals surface area contributed by atoms with Crippen molar-refractivity contribution in [2.75, 3.05) is 5.32 Å². The van der Waals surface area contributed by atoms with Crippen molar-refractivity contribution in [2.24, 2.45) is 0 Å². The molecule has 0 amide bonds. The van der Waals surface area contributed by atoms with E-state index in [9.17, 15) is 0 Å². The minimum atomic E-state index is -0.396. The molecule has 0 saturated carbocycles. The van der Waals surface area contributed by atoms with Crippen LogP contribution in [0, 0.1) is 0 Å². The number of rotatable bonds is 3. The highest BCUT2D eigenvalue weighted by Gasteiger charge is 2.00. The largest absolute Gasteiger partial charge is 0.356 e. The van der Waals surface area contributed by atoms with Crippen LogP contribution >= 0.6 is 0 Å². The quantitative estimate of drug-likeness (QED) is 0.471. The summed E-state index contributed by atoms with van der Waals surface area (Å²) < 4.78 is 39.2. The third kappa shape index (κ3) is 2.95. The molecule has 0 heterocycles. The lowest BCUT2D eigenvalue weighted by Crippen LogP contribution is -1.89. The fraction of sp³-hybridized carbons (Fsp3) is 0. The molecule has 0 radical (unpaired) electrons. The van der Waals surface area contributed by atoms with Gasteiger partial charge in [-0.2, -0.15) is 0 Å². The van der Waals surface area contributed by atoms with Gasteiger partial charge in [-0.15, -0.1) is 0 Å². The van der Waals surface area contributed by atoms with Crippen molar-refractivity contribution in [3.05, 3.63) is 96.9 Å². The summed E-state index contributed by atoms with van der Waals surface area (Å²) in [6, 6.07) is 20.4. The van der Waals surface area contributed by atoms with Crippen molar-refractivity contribution >= 4 is 22.1 Å². The van der Waals surface area contributed by atoms with Gasteiger partial charge < -0.3 is 5.32 Å². The van der Waals surface area contributed by atoms with Gasteiger partial charge in [0.2, 0.25) is 0 Å². The molecule has 0 spiro atoms. The smallest absolute Gasteiger partial charge is 0.0645 e. The number of nitrogens with one attached hydrogen (secondary N) is 1. The summed E-state index contributed by atoms with van der Waals surface area (Å²) in [5, 5.41) is 5.31. The maximum Gasteiger partial charge on any atom is 0.0645 e. The van der Waals surface area contributed by atoms with Gasteiger partial charge in [0.05, 0.1) is 6.85 Å². The Labute approximate surface area is 143 Å². The van der Waals surface area contributed by atoms with E-state index >= 15 is 0 Å². The van der Waals surface area contributed by atoms with Gasteiger partial charge in [0.25, 0.3) is 0 Å². The minimum absolute atomic E-state index is 0.0736. The van der Waals surface area contributed by atoms with E-state index in [1.54, 1.807) is 0 Å². The Hall–Kier alpha value is -3.06. The van der Waals surface area contributed by atoms with Crippen LogP contribution in [0.2, 0.25) is 0 Å². The van der Waals surface area contributed by atoms with E-state index in [1.165, 1.54) is 10.8 Å². The van der Waals surface area contributed by atoms with E-state index < -0.39 is 6.04 Å². The Kier molecular flexibility index (Phi) is 2.38. The highest BCUT2D eigenvalue weighted by Crippen LogP contribution is 2.26. The van der Waals surface area contributed by atoms with Crippen LogP contribution in [0.5, 0.6) is 0 Å². The van der Waals surface area contributed by atoms with Gasteiger partial charge in [0.1, 0.15) is 0 Å². The fourth-order valence-corrected chi connectivity index (χ4v) is 2.57. The van der Waals surface area contributed by atoms with Crippen molar-refractivity contribution in [1.82, 2.24) is 0 Å². The molecule has 0 unspecified atom stereocenters. The lowest BCUT2D eigenvalue weighted by molar-refractivity contribution is 1.54. The van der Waals surface area contributed by atoms with Crippen molar-refractivity contribution < 1.29 is 6.85 Å². The molecule has 0 aromatic heterocycles. The van der Waals surface area contributed by atoms with Crippen LogP contribution in [0.15, 0.2) is 96.9 Å². The van der Waals surface area contributed by atoms with Gasteiger partial charge in [-0.1, -0.05) is 66.7 Å². The van der Waals surface area contributed by atoms with E-state index in [0.29, 0.717) is 5.69 Å². The van der Waals surface area contributed by atoms with Gasteiger partial charge in [0, 0.05) is 11.4 Å². The summed E-state index contributed by atoms with van der Waals surface area (Å²) in [6.45, 7) is 0. The molecule has 0 aliphatic carbocycles. The molecular weight excluding hydrogens is 278 g/mol. The predicted octanol–water partition coefficient (Wildman–Crippen LogP) is 6.25. The summed E-state index contributed by atoms with van der Waals surface area (Å²) in [7, 11) is 0. The molecule has 4 aromatic rings. The molecule has 0 saturated heterocycles. The minimum Gasteiger partial charge on any atom is -0.356 e. The highest BCUT2D eigenvalue weighted by molar-refractivity contribution is 5.87. The Morgan fingerprint density at radius 1 is 0.609 bits per heavy atom. The number of hydrogen-bond acceptors (Lipinski definition) is 1. The first-order chi connectivity index (χ1) is 13.5. The van der Waals surface area contributed by atoms with Gasteiger partial charge >= 0.3 is 0 Å². The third-order valence-corrected chi connectivity index (χ3v) is 3.74. The van der Waals surface area contributed by atoms with Gasteiger partial charge in [-0.25, -0.2) is 0 Å². The summed E-state index contributed by atoms with van der Waals surface area (Å²) in [5.74, 6) is 0. The Bertz CT molecular complexity index is 1160. The highest BCUT2D eigenvalue weighted by atomic mass is 14.9. The number of hydrogen-bond donors (Lipinski definition) is 1. The zero-order valence-corrected chi connectivity index (χ0v) is 12.4. The molecule has 0 atom stereocenters. The standard InChI is InChI=1S/C22H17N/c1-2-8-21(9-3-1)23-22-14-12-18(13-15-22)20-11-10-17-6-4-5-7-19(17)16-20/h1-16,23H/i1D,2D,3D,8D,9D. The van der Waals surface area contributed by atoms with Crippen molar-refractivity contribution in [1.29, 1.82) is 0 Å². The monoisotopic (exact) mass is 300 g/mol. The Morgan fingerprint density at radius 2 is 1.30 bits per heavy atom. The second kappa shape index (κ2) is 5.98. The molecule has 0 aliphatic heterocycles. The van der Waals surface area contributed by atoms with Crippen LogP contribution in [0.25, 0.3) is 21.9 Å². The van der Waals surface area contributed by atoms with Crippen LogP contribution < -0.4 is 5.32 Å². The Balaban J connectivity index is 1.65. The second-order valence-corrected chi connectivity index (χ2v) is 5.26. The molecule has 0 bridgehead atoms. The SMILES string of the molecule is [2H]c1c([2H])c([2H])c(Nc2ccc(-c3ccc4ccccc4c3)cc2)c([2H])c1[2H]. The molecule has 4 rings (SSSR count). The average molecular weight is 300 g/mol. The summed E-state index contributed by atoms with van der Waals surface area (Å²) in [4.78, 5) is 0. The normalized spacial score (nSPS) is 13.7. The number of para-hydroxylation sites is 1. The molecule has 4 aromatic carbocycles. The lowest BCUT2D eigenvalue weighted by Gasteiger charge is -2.08. The fourth-order valence-electron chi connectivity index (χ4n) is 2.57. The van der Waals surface area contributed by atoms with E-state index in [4.69, 9.17) is 6.85 Å². The van der Waals surface area contributed by atoms with Gasteiger partial charge in [-0.3, -0.25) is 0 Å².